The Hall–Kier alpha value is -0.970. The Balaban J connectivity index is 3.47. The molecule has 1 atom stereocenters. The fourth-order valence-electron chi connectivity index (χ4n) is 1.32. The molecule has 0 saturated heterocycles. The van der Waals surface area contributed by atoms with Crippen LogP contribution in [0.5, 0.6) is 0 Å². The van der Waals surface area contributed by atoms with E-state index >= 15 is 0 Å². The van der Waals surface area contributed by atoms with Crippen LogP contribution in [0.3, 0.4) is 0 Å². The van der Waals surface area contributed by atoms with Crippen molar-refractivity contribution in [1.82, 2.24) is 5.32 Å². The van der Waals surface area contributed by atoms with Crippen molar-refractivity contribution >= 4 is 5.91 Å². The van der Waals surface area contributed by atoms with Crippen molar-refractivity contribution in [3.63, 3.8) is 0 Å². The summed E-state index contributed by atoms with van der Waals surface area (Å²) in [4.78, 5) is 11.4. The van der Waals surface area contributed by atoms with Crippen molar-refractivity contribution in [1.29, 1.82) is 0 Å². The van der Waals surface area contributed by atoms with Crippen molar-refractivity contribution in [2.45, 2.75) is 46.0 Å². The molecule has 2 heteroatoms. The Bertz CT molecular complexity index is 193. The number of carbonyl (C=O) groups excluding carboxylic acids is 1. The van der Waals surface area contributed by atoms with E-state index in [1.165, 1.54) is 19.3 Å². The predicted molar refractivity (Wildman–Crippen MR) is 59.8 cm³/mol. The van der Waals surface area contributed by atoms with Gasteiger partial charge in [0.2, 0.25) is 5.91 Å². The molecule has 0 aliphatic rings. The van der Waals surface area contributed by atoms with Gasteiger partial charge in [0.25, 0.3) is 0 Å². The van der Waals surface area contributed by atoms with Gasteiger partial charge in [-0.3, -0.25) is 4.79 Å². The highest BCUT2D eigenvalue weighted by Crippen LogP contribution is 2.10. The van der Waals surface area contributed by atoms with E-state index in [4.69, 9.17) is 6.42 Å². The maximum atomic E-state index is 11.4. The van der Waals surface area contributed by atoms with Crippen molar-refractivity contribution < 1.29 is 4.79 Å². The number of amides is 1. The van der Waals surface area contributed by atoms with Gasteiger partial charge in [0, 0.05) is 5.92 Å². The lowest BCUT2D eigenvalue weighted by Gasteiger charge is -2.09. The summed E-state index contributed by atoms with van der Waals surface area (Å²) in [6.07, 6.45) is 10.9. The molecule has 80 valence electrons. The Morgan fingerprint density at radius 2 is 2.14 bits per heavy atom. The average molecular weight is 195 g/mol. The first kappa shape index (κ1) is 13.0. The summed E-state index contributed by atoms with van der Waals surface area (Å²) in [5, 5.41) is 2.70. The van der Waals surface area contributed by atoms with Crippen molar-refractivity contribution in [2.75, 3.05) is 6.54 Å². The van der Waals surface area contributed by atoms with Gasteiger partial charge in [-0.15, -0.1) is 6.42 Å². The Kier molecular flexibility index (Phi) is 8.02. The monoisotopic (exact) mass is 195 g/mol. The van der Waals surface area contributed by atoms with Gasteiger partial charge in [-0.25, -0.2) is 0 Å². The molecule has 0 fully saturated rings. The van der Waals surface area contributed by atoms with Gasteiger partial charge in [-0.2, -0.15) is 0 Å². The van der Waals surface area contributed by atoms with Crippen LogP contribution in [0, 0.1) is 18.3 Å². The van der Waals surface area contributed by atoms with E-state index in [2.05, 4.69) is 18.2 Å². The molecule has 0 aromatic heterocycles. The van der Waals surface area contributed by atoms with E-state index in [0.29, 0.717) is 6.54 Å². The van der Waals surface area contributed by atoms with Gasteiger partial charge < -0.3 is 5.32 Å². The van der Waals surface area contributed by atoms with Crippen molar-refractivity contribution in [3.05, 3.63) is 0 Å². The summed E-state index contributed by atoms with van der Waals surface area (Å²) in [5.74, 6) is 2.58. The maximum absolute atomic E-state index is 11.4. The van der Waals surface area contributed by atoms with Crippen LogP contribution < -0.4 is 5.32 Å². The number of rotatable bonds is 7. The van der Waals surface area contributed by atoms with E-state index in [-0.39, 0.29) is 11.8 Å². The zero-order valence-electron chi connectivity index (χ0n) is 9.31. The minimum Gasteiger partial charge on any atom is -0.345 e. The van der Waals surface area contributed by atoms with Crippen LogP contribution in [0.25, 0.3) is 0 Å². The third-order valence-corrected chi connectivity index (χ3v) is 2.30. The molecule has 0 aliphatic carbocycles. The topological polar surface area (TPSA) is 29.1 Å². The molecule has 0 aliphatic heterocycles. The number of nitrogens with one attached hydrogen (secondary N) is 1. The standard InChI is InChI=1S/C12H21NO/c1-4-6-7-8-9-11(3)12(14)13-10-5-2/h2,11H,4,6-10H2,1,3H3,(H,13,14)/t11-/m0/s1. The van der Waals surface area contributed by atoms with Crippen LogP contribution in [0.1, 0.15) is 46.0 Å². The minimum absolute atomic E-state index is 0.0828. The Morgan fingerprint density at radius 1 is 1.43 bits per heavy atom. The molecular formula is C12H21NO. The summed E-state index contributed by atoms with van der Waals surface area (Å²) < 4.78 is 0. The minimum atomic E-state index is 0.0828. The molecule has 0 aromatic rings. The van der Waals surface area contributed by atoms with Gasteiger partial charge in [0.05, 0.1) is 6.54 Å². The molecular weight excluding hydrogens is 174 g/mol. The number of carbonyl (C=O) groups is 1. The lowest BCUT2D eigenvalue weighted by molar-refractivity contribution is -0.124. The summed E-state index contributed by atoms with van der Waals surface area (Å²) in [7, 11) is 0. The van der Waals surface area contributed by atoms with Gasteiger partial charge in [0.15, 0.2) is 0 Å². The molecule has 0 bridgehead atoms. The molecule has 0 radical (unpaired) electrons. The van der Waals surface area contributed by atoms with E-state index in [1.54, 1.807) is 0 Å². The number of terminal acetylenes is 1. The van der Waals surface area contributed by atoms with Crippen LogP contribution in [-0.2, 0) is 4.79 Å². The van der Waals surface area contributed by atoms with Crippen LogP contribution in [0.4, 0.5) is 0 Å². The van der Waals surface area contributed by atoms with Crippen LogP contribution >= 0.6 is 0 Å². The highest BCUT2D eigenvalue weighted by Gasteiger charge is 2.10. The molecule has 0 saturated carbocycles. The van der Waals surface area contributed by atoms with Crippen molar-refractivity contribution in [2.24, 2.45) is 5.92 Å². The quantitative estimate of drug-likeness (QED) is 0.490. The zero-order valence-corrected chi connectivity index (χ0v) is 9.31. The van der Waals surface area contributed by atoms with E-state index in [0.717, 1.165) is 12.8 Å². The van der Waals surface area contributed by atoms with E-state index in [1.807, 2.05) is 6.92 Å². The highest BCUT2D eigenvalue weighted by molar-refractivity contribution is 5.78. The van der Waals surface area contributed by atoms with E-state index < -0.39 is 0 Å². The molecule has 0 aromatic carbocycles. The molecule has 0 heterocycles. The Morgan fingerprint density at radius 3 is 2.71 bits per heavy atom. The third-order valence-electron chi connectivity index (χ3n) is 2.30. The van der Waals surface area contributed by atoms with Crippen LogP contribution in [-0.4, -0.2) is 12.5 Å². The molecule has 14 heavy (non-hydrogen) atoms. The number of hydrogen-bond donors (Lipinski definition) is 1. The first-order chi connectivity index (χ1) is 6.72. The normalized spacial score (nSPS) is 11.8. The second kappa shape index (κ2) is 8.62. The summed E-state index contributed by atoms with van der Waals surface area (Å²) >= 11 is 0. The molecule has 2 nitrogen and oxygen atoms in total. The van der Waals surface area contributed by atoms with Gasteiger partial charge in [-0.1, -0.05) is 45.5 Å². The maximum Gasteiger partial charge on any atom is 0.223 e. The highest BCUT2D eigenvalue weighted by atomic mass is 16.1. The van der Waals surface area contributed by atoms with Crippen LogP contribution in [0.15, 0.2) is 0 Å². The zero-order chi connectivity index (χ0) is 10.8. The second-order valence-electron chi connectivity index (χ2n) is 3.67. The molecule has 0 rings (SSSR count). The van der Waals surface area contributed by atoms with Gasteiger partial charge in [-0.05, 0) is 6.42 Å². The van der Waals surface area contributed by atoms with Gasteiger partial charge >= 0.3 is 0 Å². The molecule has 1 N–H and O–H groups in total. The molecule has 0 unspecified atom stereocenters. The summed E-state index contributed by atoms with van der Waals surface area (Å²) in [5.41, 5.74) is 0. The number of unbranched alkanes of at least 4 members (excludes halogenated alkanes) is 3. The van der Waals surface area contributed by atoms with Gasteiger partial charge in [0.1, 0.15) is 0 Å². The van der Waals surface area contributed by atoms with Crippen molar-refractivity contribution in [3.8, 4) is 12.3 Å². The lowest BCUT2D eigenvalue weighted by atomic mass is 10.0. The molecule has 0 spiro atoms. The largest absolute Gasteiger partial charge is 0.345 e. The number of hydrogen-bond acceptors (Lipinski definition) is 1. The second-order valence-corrected chi connectivity index (χ2v) is 3.67. The third kappa shape index (κ3) is 6.54. The lowest BCUT2D eigenvalue weighted by Crippen LogP contribution is -2.29. The predicted octanol–water partition coefficient (Wildman–Crippen LogP) is 2.34. The van der Waals surface area contributed by atoms with E-state index in [9.17, 15) is 4.79 Å². The summed E-state index contributed by atoms with van der Waals surface area (Å²) in [6, 6.07) is 0. The first-order valence-electron chi connectivity index (χ1n) is 5.43. The first-order valence-corrected chi connectivity index (χ1v) is 5.43. The fourth-order valence-corrected chi connectivity index (χ4v) is 1.32. The SMILES string of the molecule is C#CCNC(=O)[C@@H](C)CCCCCC. The smallest absolute Gasteiger partial charge is 0.223 e. The average Bonchev–Trinajstić information content (AvgIpc) is 2.20. The fraction of sp³-hybridized carbons (Fsp3) is 0.750. The molecule has 1 amide bonds. The van der Waals surface area contributed by atoms with Crippen LogP contribution in [0.2, 0.25) is 0 Å². The Labute approximate surface area is 87.5 Å². The summed E-state index contributed by atoms with van der Waals surface area (Å²) in [6.45, 7) is 4.49.